The number of Topliss-reactive ketones (excluding diaryl/α,β-unsaturated/α-hetero) is 1. The molecule has 2 fully saturated rings. The summed E-state index contributed by atoms with van der Waals surface area (Å²) in [6.45, 7) is 4.90. The number of carbonyl (C=O) groups is 2. The average Bonchev–Trinajstić information content (AvgIpc) is 3.38. The standard InChI is InChI=1S/C21H29NO6/c1-21(2)27-18(11-22)20(28-21)19-17(26-19)10-15(16(24)12-23)8-9-25-13-14-6-4-3-5-7-14/h3-7,12,15,17-20H,8-11,13,22H2,1-2H3/t15?,17-,18?,19+,20?/m1/s1. The van der Waals surface area contributed by atoms with E-state index in [1.54, 1.807) is 0 Å². The second-order valence-corrected chi connectivity index (χ2v) is 7.79. The topological polar surface area (TPSA) is 100 Å². The first-order chi connectivity index (χ1) is 13.4. The highest BCUT2D eigenvalue weighted by molar-refractivity contribution is 6.25. The lowest BCUT2D eigenvalue weighted by atomic mass is 9.93. The molecule has 3 unspecified atom stereocenters. The van der Waals surface area contributed by atoms with Gasteiger partial charge in [-0.15, -0.1) is 0 Å². The zero-order valence-corrected chi connectivity index (χ0v) is 16.4. The molecule has 2 heterocycles. The van der Waals surface area contributed by atoms with Gasteiger partial charge in [0.15, 0.2) is 17.9 Å². The van der Waals surface area contributed by atoms with Crippen molar-refractivity contribution in [1.29, 1.82) is 0 Å². The maximum absolute atomic E-state index is 12.0. The van der Waals surface area contributed by atoms with E-state index in [-0.39, 0.29) is 24.4 Å². The van der Waals surface area contributed by atoms with E-state index in [1.165, 1.54) is 0 Å². The predicted molar refractivity (Wildman–Crippen MR) is 101 cm³/mol. The highest BCUT2D eigenvalue weighted by Gasteiger charge is 2.55. The van der Waals surface area contributed by atoms with Crippen molar-refractivity contribution in [2.45, 2.75) is 63.5 Å². The lowest BCUT2D eigenvalue weighted by Crippen LogP contribution is -2.35. The zero-order chi connectivity index (χ0) is 20.1. The molecule has 0 amide bonds. The summed E-state index contributed by atoms with van der Waals surface area (Å²) in [4.78, 5) is 23.1. The summed E-state index contributed by atoms with van der Waals surface area (Å²) >= 11 is 0. The van der Waals surface area contributed by atoms with Gasteiger partial charge in [-0.2, -0.15) is 0 Å². The van der Waals surface area contributed by atoms with Gasteiger partial charge in [-0.3, -0.25) is 9.59 Å². The van der Waals surface area contributed by atoms with E-state index in [9.17, 15) is 9.59 Å². The third-order valence-corrected chi connectivity index (χ3v) is 5.16. The summed E-state index contributed by atoms with van der Waals surface area (Å²) in [5.74, 6) is -1.54. The number of epoxide rings is 1. The molecule has 0 radical (unpaired) electrons. The maximum atomic E-state index is 12.0. The van der Waals surface area contributed by atoms with E-state index in [0.717, 1.165) is 5.56 Å². The van der Waals surface area contributed by atoms with E-state index in [0.29, 0.717) is 38.9 Å². The Labute approximate surface area is 165 Å². The Morgan fingerprint density at radius 1 is 1.21 bits per heavy atom. The molecule has 0 aliphatic carbocycles. The van der Waals surface area contributed by atoms with E-state index in [1.807, 2.05) is 44.2 Å². The van der Waals surface area contributed by atoms with Gasteiger partial charge >= 0.3 is 0 Å². The number of rotatable bonds is 11. The Hall–Kier alpha value is -1.64. The van der Waals surface area contributed by atoms with Gasteiger partial charge in [0.05, 0.1) is 12.7 Å². The molecule has 7 nitrogen and oxygen atoms in total. The molecule has 3 rings (SSSR count). The molecule has 5 atom stereocenters. The van der Waals surface area contributed by atoms with Gasteiger partial charge in [-0.25, -0.2) is 0 Å². The van der Waals surface area contributed by atoms with Crippen LogP contribution in [0.3, 0.4) is 0 Å². The van der Waals surface area contributed by atoms with Gasteiger partial charge in [0, 0.05) is 19.1 Å². The highest BCUT2D eigenvalue weighted by Crippen LogP contribution is 2.40. The Bertz CT molecular complexity index is 664. The third-order valence-electron chi connectivity index (χ3n) is 5.16. The number of benzene rings is 1. The minimum absolute atomic E-state index is 0.139. The number of aldehydes is 1. The van der Waals surface area contributed by atoms with Crippen LogP contribution in [-0.4, -0.2) is 55.4 Å². The fourth-order valence-electron chi connectivity index (χ4n) is 3.70. The Balaban J connectivity index is 1.47. The quantitative estimate of drug-likeness (QED) is 0.265. The number of nitrogens with two attached hydrogens (primary N) is 1. The van der Waals surface area contributed by atoms with Gasteiger partial charge in [0.2, 0.25) is 0 Å². The first-order valence-electron chi connectivity index (χ1n) is 9.75. The molecule has 2 aliphatic heterocycles. The van der Waals surface area contributed by atoms with Crippen molar-refractivity contribution < 1.29 is 28.5 Å². The number of ketones is 1. The van der Waals surface area contributed by atoms with Gasteiger partial charge in [0.25, 0.3) is 0 Å². The zero-order valence-electron chi connectivity index (χ0n) is 16.4. The molecule has 1 aromatic rings. The van der Waals surface area contributed by atoms with Crippen molar-refractivity contribution in [3.8, 4) is 0 Å². The van der Waals surface area contributed by atoms with Crippen LogP contribution >= 0.6 is 0 Å². The average molecular weight is 391 g/mol. The molecular formula is C21H29NO6. The summed E-state index contributed by atoms with van der Waals surface area (Å²) in [5, 5.41) is 0. The van der Waals surface area contributed by atoms with Crippen molar-refractivity contribution in [2.75, 3.05) is 13.2 Å². The SMILES string of the molecule is CC1(C)OC(CN)C([C@H]2O[C@@H]2CC(CCOCc2ccccc2)C(=O)C=O)O1. The predicted octanol–water partition coefficient (Wildman–Crippen LogP) is 1.61. The number of hydrogen-bond acceptors (Lipinski definition) is 7. The molecule has 2 saturated heterocycles. The van der Waals surface area contributed by atoms with Crippen molar-refractivity contribution in [1.82, 2.24) is 0 Å². The summed E-state index contributed by atoms with van der Waals surface area (Å²) in [6.07, 6.45) is 0.535. The van der Waals surface area contributed by atoms with Gasteiger partial charge < -0.3 is 24.7 Å². The van der Waals surface area contributed by atoms with Crippen LogP contribution in [0.4, 0.5) is 0 Å². The van der Waals surface area contributed by atoms with Crippen molar-refractivity contribution in [2.24, 2.45) is 11.7 Å². The van der Waals surface area contributed by atoms with E-state index < -0.39 is 17.5 Å². The normalized spacial score (nSPS) is 29.4. The van der Waals surface area contributed by atoms with Crippen LogP contribution in [0.15, 0.2) is 30.3 Å². The van der Waals surface area contributed by atoms with Crippen molar-refractivity contribution in [3.05, 3.63) is 35.9 Å². The van der Waals surface area contributed by atoms with Crippen molar-refractivity contribution in [3.63, 3.8) is 0 Å². The summed E-state index contributed by atoms with van der Waals surface area (Å²) < 4.78 is 23.1. The van der Waals surface area contributed by atoms with Crippen LogP contribution in [-0.2, 0) is 35.1 Å². The number of hydrogen-bond donors (Lipinski definition) is 1. The lowest BCUT2D eigenvalue weighted by Gasteiger charge is -2.16. The maximum Gasteiger partial charge on any atom is 0.198 e. The highest BCUT2D eigenvalue weighted by atomic mass is 16.8. The van der Waals surface area contributed by atoms with Crippen LogP contribution in [0, 0.1) is 5.92 Å². The molecule has 0 bridgehead atoms. The van der Waals surface area contributed by atoms with Crippen LogP contribution in [0.1, 0.15) is 32.3 Å². The Morgan fingerprint density at radius 2 is 1.96 bits per heavy atom. The molecular weight excluding hydrogens is 362 g/mol. The summed E-state index contributed by atoms with van der Waals surface area (Å²) in [6, 6.07) is 9.81. The van der Waals surface area contributed by atoms with Crippen molar-refractivity contribution >= 4 is 12.1 Å². The molecule has 2 N–H and O–H groups in total. The third kappa shape index (κ3) is 5.46. The molecule has 1 aromatic carbocycles. The molecule has 2 aliphatic rings. The van der Waals surface area contributed by atoms with Gasteiger partial charge in [0.1, 0.15) is 18.3 Å². The fraction of sp³-hybridized carbons (Fsp3) is 0.619. The second-order valence-electron chi connectivity index (χ2n) is 7.79. The minimum atomic E-state index is -0.700. The molecule has 28 heavy (non-hydrogen) atoms. The molecule has 0 aromatic heterocycles. The summed E-state index contributed by atoms with van der Waals surface area (Å²) in [7, 11) is 0. The second kappa shape index (κ2) is 9.24. The Kier molecular flexibility index (Phi) is 6.95. The fourth-order valence-corrected chi connectivity index (χ4v) is 3.70. The first kappa shape index (κ1) is 21.1. The van der Waals surface area contributed by atoms with Crippen LogP contribution in [0.5, 0.6) is 0 Å². The smallest absolute Gasteiger partial charge is 0.198 e. The lowest BCUT2D eigenvalue weighted by molar-refractivity contribution is -0.147. The van der Waals surface area contributed by atoms with Crippen LogP contribution < -0.4 is 5.73 Å². The number of ether oxygens (including phenoxy) is 4. The molecule has 0 spiro atoms. The first-order valence-corrected chi connectivity index (χ1v) is 9.75. The van der Waals surface area contributed by atoms with E-state index >= 15 is 0 Å². The molecule has 7 heteroatoms. The minimum Gasteiger partial charge on any atom is -0.377 e. The van der Waals surface area contributed by atoms with Crippen LogP contribution in [0.2, 0.25) is 0 Å². The van der Waals surface area contributed by atoms with Gasteiger partial charge in [-0.1, -0.05) is 30.3 Å². The molecule has 154 valence electrons. The van der Waals surface area contributed by atoms with Crippen LogP contribution in [0.25, 0.3) is 0 Å². The number of carbonyl (C=O) groups excluding carboxylic acids is 2. The van der Waals surface area contributed by atoms with E-state index in [4.69, 9.17) is 24.7 Å². The van der Waals surface area contributed by atoms with E-state index in [2.05, 4.69) is 0 Å². The largest absolute Gasteiger partial charge is 0.377 e. The van der Waals surface area contributed by atoms with Gasteiger partial charge in [-0.05, 0) is 32.3 Å². The monoisotopic (exact) mass is 391 g/mol. The Morgan fingerprint density at radius 3 is 2.64 bits per heavy atom. The molecule has 0 saturated carbocycles. The summed E-state index contributed by atoms with van der Waals surface area (Å²) in [5.41, 5.74) is 6.85.